The summed E-state index contributed by atoms with van der Waals surface area (Å²) < 4.78 is 0. The number of carbonyl (C=O) groups excluding carboxylic acids is 1. The van der Waals surface area contributed by atoms with E-state index in [4.69, 9.17) is 5.11 Å². The van der Waals surface area contributed by atoms with E-state index in [1.54, 1.807) is 11.8 Å². The van der Waals surface area contributed by atoms with E-state index in [0.29, 0.717) is 5.75 Å². The number of fused-ring (bicyclic) bond motifs is 1. The van der Waals surface area contributed by atoms with Crippen molar-refractivity contribution in [1.82, 2.24) is 0 Å². The van der Waals surface area contributed by atoms with E-state index in [1.807, 2.05) is 6.07 Å². The third-order valence-corrected chi connectivity index (χ3v) is 4.11. The summed E-state index contributed by atoms with van der Waals surface area (Å²) in [6, 6.07) is 6.20. The standard InChI is InChI=1S/C14H19NO2S/c16-7-2-8-18-10-14(17)15-13-6-5-11-3-1-4-12(11)9-13/h5-6,9,16H,1-4,7-8,10H2,(H,15,17). The second-order valence-corrected chi connectivity index (χ2v) is 5.62. The van der Waals surface area contributed by atoms with E-state index >= 15 is 0 Å². The number of anilines is 1. The van der Waals surface area contributed by atoms with Gasteiger partial charge in [-0.2, -0.15) is 11.8 Å². The predicted molar refractivity (Wildman–Crippen MR) is 76.1 cm³/mol. The lowest BCUT2D eigenvalue weighted by Crippen LogP contribution is -2.14. The molecule has 18 heavy (non-hydrogen) atoms. The van der Waals surface area contributed by atoms with Gasteiger partial charge in [-0.1, -0.05) is 6.07 Å². The molecule has 0 bridgehead atoms. The summed E-state index contributed by atoms with van der Waals surface area (Å²) in [5.41, 5.74) is 3.70. The number of nitrogens with one attached hydrogen (secondary N) is 1. The van der Waals surface area contributed by atoms with Gasteiger partial charge in [0.2, 0.25) is 5.91 Å². The molecule has 0 unspecified atom stereocenters. The number of aliphatic hydroxyl groups excluding tert-OH is 1. The predicted octanol–water partition coefficient (Wildman–Crippen LogP) is 2.23. The number of hydrogen-bond donors (Lipinski definition) is 2. The van der Waals surface area contributed by atoms with Crippen LogP contribution in [0.5, 0.6) is 0 Å². The highest BCUT2D eigenvalue weighted by Gasteiger charge is 2.11. The van der Waals surface area contributed by atoms with Crippen LogP contribution in [-0.2, 0) is 17.6 Å². The molecule has 2 rings (SSSR count). The zero-order chi connectivity index (χ0) is 12.8. The lowest BCUT2D eigenvalue weighted by atomic mass is 10.1. The van der Waals surface area contributed by atoms with Crippen molar-refractivity contribution in [2.75, 3.05) is 23.4 Å². The lowest BCUT2D eigenvalue weighted by Gasteiger charge is -2.07. The summed E-state index contributed by atoms with van der Waals surface area (Å²) in [5, 5.41) is 11.6. The second kappa shape index (κ2) is 6.81. The number of hydrogen-bond acceptors (Lipinski definition) is 3. The summed E-state index contributed by atoms with van der Waals surface area (Å²) in [4.78, 5) is 11.7. The summed E-state index contributed by atoms with van der Waals surface area (Å²) in [6.45, 7) is 0.194. The van der Waals surface area contributed by atoms with Crippen LogP contribution in [-0.4, -0.2) is 29.1 Å². The number of benzene rings is 1. The number of rotatable bonds is 6. The van der Waals surface area contributed by atoms with Gasteiger partial charge >= 0.3 is 0 Å². The quantitative estimate of drug-likeness (QED) is 0.775. The van der Waals surface area contributed by atoms with Crippen LogP contribution in [0.4, 0.5) is 5.69 Å². The zero-order valence-electron chi connectivity index (χ0n) is 10.4. The molecule has 0 aromatic heterocycles. The van der Waals surface area contributed by atoms with Crippen molar-refractivity contribution < 1.29 is 9.90 Å². The minimum atomic E-state index is 0.0379. The molecule has 1 aliphatic rings. The maximum Gasteiger partial charge on any atom is 0.234 e. The van der Waals surface area contributed by atoms with E-state index in [1.165, 1.54) is 24.0 Å². The van der Waals surface area contributed by atoms with Crippen LogP contribution in [0.3, 0.4) is 0 Å². The summed E-state index contributed by atoms with van der Waals surface area (Å²) in [5.74, 6) is 1.32. The Morgan fingerprint density at radius 1 is 1.33 bits per heavy atom. The monoisotopic (exact) mass is 265 g/mol. The van der Waals surface area contributed by atoms with Gasteiger partial charge in [0, 0.05) is 12.3 Å². The lowest BCUT2D eigenvalue weighted by molar-refractivity contribution is -0.113. The molecule has 3 nitrogen and oxygen atoms in total. The third-order valence-electron chi connectivity index (χ3n) is 3.06. The van der Waals surface area contributed by atoms with Gasteiger partial charge in [-0.05, 0) is 54.7 Å². The molecule has 0 fully saturated rings. The third kappa shape index (κ3) is 3.75. The minimum Gasteiger partial charge on any atom is -0.396 e. The summed E-state index contributed by atoms with van der Waals surface area (Å²) in [7, 11) is 0. The Bertz CT molecular complexity index is 420. The maximum absolute atomic E-state index is 11.7. The molecule has 2 N–H and O–H groups in total. The van der Waals surface area contributed by atoms with Gasteiger partial charge in [0.1, 0.15) is 0 Å². The largest absolute Gasteiger partial charge is 0.396 e. The van der Waals surface area contributed by atoms with E-state index in [2.05, 4.69) is 17.4 Å². The highest BCUT2D eigenvalue weighted by atomic mass is 32.2. The number of carbonyl (C=O) groups is 1. The van der Waals surface area contributed by atoms with Crippen LogP contribution >= 0.6 is 11.8 Å². The molecule has 1 aliphatic carbocycles. The fourth-order valence-electron chi connectivity index (χ4n) is 2.18. The highest BCUT2D eigenvalue weighted by Crippen LogP contribution is 2.24. The van der Waals surface area contributed by atoms with Crippen LogP contribution in [0.25, 0.3) is 0 Å². The average Bonchev–Trinajstić information content (AvgIpc) is 2.82. The topological polar surface area (TPSA) is 49.3 Å². The Morgan fingerprint density at radius 3 is 3.00 bits per heavy atom. The fourth-order valence-corrected chi connectivity index (χ4v) is 2.91. The zero-order valence-corrected chi connectivity index (χ0v) is 11.3. The highest BCUT2D eigenvalue weighted by molar-refractivity contribution is 7.99. The molecule has 0 aliphatic heterocycles. The molecule has 0 heterocycles. The fraction of sp³-hybridized carbons (Fsp3) is 0.500. The van der Waals surface area contributed by atoms with E-state index < -0.39 is 0 Å². The van der Waals surface area contributed by atoms with Gasteiger partial charge < -0.3 is 10.4 Å². The van der Waals surface area contributed by atoms with Crippen LogP contribution in [0, 0.1) is 0 Å². The molecule has 0 radical (unpaired) electrons. The molecule has 1 amide bonds. The normalized spacial score (nSPS) is 13.4. The molecule has 4 heteroatoms. The van der Waals surface area contributed by atoms with Gasteiger partial charge in [-0.3, -0.25) is 4.79 Å². The average molecular weight is 265 g/mol. The molecular weight excluding hydrogens is 246 g/mol. The number of amides is 1. The van der Waals surface area contributed by atoms with Gasteiger partial charge in [0.05, 0.1) is 5.75 Å². The Morgan fingerprint density at radius 2 is 2.17 bits per heavy atom. The van der Waals surface area contributed by atoms with Crippen molar-refractivity contribution in [3.05, 3.63) is 29.3 Å². The van der Waals surface area contributed by atoms with Gasteiger partial charge in [0.15, 0.2) is 0 Å². The molecule has 0 saturated carbocycles. The van der Waals surface area contributed by atoms with Crippen LogP contribution in [0.15, 0.2) is 18.2 Å². The number of aliphatic hydroxyl groups is 1. The Kier molecular flexibility index (Phi) is 5.08. The minimum absolute atomic E-state index is 0.0379. The Balaban J connectivity index is 1.80. The first-order valence-electron chi connectivity index (χ1n) is 6.40. The Labute approximate surface area is 112 Å². The SMILES string of the molecule is O=C(CSCCCO)Nc1ccc2c(c1)CCC2. The summed E-state index contributed by atoms with van der Waals surface area (Å²) >= 11 is 1.56. The first kappa shape index (κ1) is 13.4. The maximum atomic E-state index is 11.7. The van der Waals surface area contributed by atoms with Crippen molar-refractivity contribution in [1.29, 1.82) is 0 Å². The van der Waals surface area contributed by atoms with Crippen molar-refractivity contribution >= 4 is 23.4 Å². The second-order valence-electron chi connectivity index (χ2n) is 4.51. The van der Waals surface area contributed by atoms with Gasteiger partial charge in [0.25, 0.3) is 0 Å². The molecule has 1 aromatic rings. The Hall–Kier alpha value is -1.00. The molecule has 0 saturated heterocycles. The molecule has 1 aromatic carbocycles. The van der Waals surface area contributed by atoms with Crippen LogP contribution < -0.4 is 5.32 Å². The van der Waals surface area contributed by atoms with Gasteiger partial charge in [-0.25, -0.2) is 0 Å². The van der Waals surface area contributed by atoms with Crippen molar-refractivity contribution in [3.63, 3.8) is 0 Å². The number of thioether (sulfide) groups is 1. The molecule has 98 valence electrons. The first-order valence-corrected chi connectivity index (χ1v) is 7.55. The first-order chi connectivity index (χ1) is 8.79. The van der Waals surface area contributed by atoms with E-state index in [9.17, 15) is 4.79 Å². The van der Waals surface area contributed by atoms with Crippen molar-refractivity contribution in [3.8, 4) is 0 Å². The van der Waals surface area contributed by atoms with E-state index in [-0.39, 0.29) is 12.5 Å². The summed E-state index contributed by atoms with van der Waals surface area (Å²) in [6.07, 6.45) is 4.27. The molecule has 0 spiro atoms. The van der Waals surface area contributed by atoms with Crippen LogP contribution in [0.2, 0.25) is 0 Å². The molecular formula is C14H19NO2S. The van der Waals surface area contributed by atoms with E-state index in [0.717, 1.165) is 24.3 Å². The smallest absolute Gasteiger partial charge is 0.234 e. The van der Waals surface area contributed by atoms with Crippen LogP contribution in [0.1, 0.15) is 24.0 Å². The van der Waals surface area contributed by atoms with Crippen molar-refractivity contribution in [2.45, 2.75) is 25.7 Å². The van der Waals surface area contributed by atoms with Gasteiger partial charge in [-0.15, -0.1) is 0 Å². The number of aryl methyl sites for hydroxylation is 2. The molecule has 0 atom stereocenters. The van der Waals surface area contributed by atoms with Crippen molar-refractivity contribution in [2.24, 2.45) is 0 Å².